The van der Waals surface area contributed by atoms with Crippen LogP contribution in [0.5, 0.6) is 0 Å². The second kappa shape index (κ2) is 6.06. The van der Waals surface area contributed by atoms with Crippen LogP contribution in [0, 0.1) is 0 Å². The van der Waals surface area contributed by atoms with E-state index < -0.39 is 0 Å². The summed E-state index contributed by atoms with van der Waals surface area (Å²) in [7, 11) is 0. The highest BCUT2D eigenvalue weighted by Crippen LogP contribution is 2.30. The van der Waals surface area contributed by atoms with Crippen molar-refractivity contribution in [3.8, 4) is 5.69 Å². The van der Waals surface area contributed by atoms with Crippen LogP contribution in [-0.4, -0.2) is 20.4 Å². The lowest BCUT2D eigenvalue weighted by Crippen LogP contribution is -2.07. The van der Waals surface area contributed by atoms with E-state index in [4.69, 9.17) is 28.2 Å². The van der Waals surface area contributed by atoms with Crippen LogP contribution in [0.3, 0.4) is 0 Å². The third-order valence-corrected chi connectivity index (χ3v) is 4.66. The van der Waals surface area contributed by atoms with Gasteiger partial charge in [-0.25, -0.2) is 4.98 Å². The fourth-order valence-electron chi connectivity index (χ4n) is 2.95. The quantitative estimate of drug-likeness (QED) is 0.752. The van der Waals surface area contributed by atoms with Crippen LogP contribution in [0.15, 0.2) is 53.8 Å². The minimum Gasteiger partial charge on any atom is -0.390 e. The minimum absolute atomic E-state index is 0.123. The van der Waals surface area contributed by atoms with Crippen LogP contribution < -0.4 is 0 Å². The van der Waals surface area contributed by atoms with Crippen molar-refractivity contribution < 1.29 is 5.11 Å². The molecule has 4 nitrogen and oxygen atoms in total. The van der Waals surface area contributed by atoms with Crippen LogP contribution in [0.4, 0.5) is 0 Å². The Hall–Kier alpha value is -2.14. The summed E-state index contributed by atoms with van der Waals surface area (Å²) in [6.07, 6.45) is 1.71. The van der Waals surface area contributed by atoms with Crippen molar-refractivity contribution >= 4 is 28.9 Å². The fraction of sp³-hybridized carbons (Fsp3) is 0.111. The zero-order chi connectivity index (χ0) is 16.7. The molecule has 0 unspecified atom stereocenters. The van der Waals surface area contributed by atoms with Crippen LogP contribution in [0.1, 0.15) is 22.5 Å². The number of aliphatic hydroxyl groups is 1. The molecular weight excluding hydrogens is 345 g/mol. The molecule has 1 aromatic heterocycles. The van der Waals surface area contributed by atoms with E-state index >= 15 is 0 Å². The number of aliphatic hydroxyl groups excluding tert-OH is 1. The first-order chi connectivity index (χ1) is 11.7. The average Bonchev–Trinajstić information content (AvgIpc) is 2.92. The Morgan fingerprint density at radius 2 is 1.92 bits per heavy atom. The second-order valence-corrected chi connectivity index (χ2v) is 6.32. The summed E-state index contributed by atoms with van der Waals surface area (Å²) < 4.78 is 1.95. The van der Waals surface area contributed by atoms with Crippen molar-refractivity contribution in [2.24, 2.45) is 4.99 Å². The normalized spacial score (nSPS) is 13.0. The smallest absolute Gasteiger partial charge is 0.0999 e. The molecule has 0 fully saturated rings. The Bertz CT molecular complexity index is 963. The van der Waals surface area contributed by atoms with Crippen molar-refractivity contribution in [3.05, 3.63) is 81.4 Å². The van der Waals surface area contributed by atoms with E-state index in [1.165, 1.54) is 0 Å². The van der Waals surface area contributed by atoms with Crippen LogP contribution in [-0.2, 0) is 13.2 Å². The van der Waals surface area contributed by atoms with Gasteiger partial charge in [-0.3, -0.25) is 4.99 Å². The van der Waals surface area contributed by atoms with E-state index in [2.05, 4.69) is 4.98 Å². The zero-order valence-corrected chi connectivity index (χ0v) is 14.1. The van der Waals surface area contributed by atoms with Gasteiger partial charge in [0.2, 0.25) is 0 Å². The second-order valence-electron chi connectivity index (χ2n) is 5.47. The van der Waals surface area contributed by atoms with E-state index in [0.29, 0.717) is 22.3 Å². The Kier molecular flexibility index (Phi) is 3.88. The van der Waals surface area contributed by atoms with E-state index in [1.54, 1.807) is 6.33 Å². The number of benzene rings is 2. The van der Waals surface area contributed by atoms with Gasteiger partial charge in [0.05, 0.1) is 42.3 Å². The monoisotopic (exact) mass is 357 g/mol. The summed E-state index contributed by atoms with van der Waals surface area (Å²) in [6, 6.07) is 13.2. The lowest BCUT2D eigenvalue weighted by Gasteiger charge is -2.13. The van der Waals surface area contributed by atoms with Crippen LogP contribution in [0.2, 0.25) is 10.0 Å². The van der Waals surface area contributed by atoms with Crippen LogP contribution in [0.25, 0.3) is 5.69 Å². The Balaban J connectivity index is 2.00. The maximum atomic E-state index is 9.53. The van der Waals surface area contributed by atoms with Crippen molar-refractivity contribution in [3.63, 3.8) is 0 Å². The van der Waals surface area contributed by atoms with Gasteiger partial charge in [0.1, 0.15) is 0 Å². The van der Waals surface area contributed by atoms with Crippen LogP contribution >= 0.6 is 23.2 Å². The van der Waals surface area contributed by atoms with Gasteiger partial charge in [-0.05, 0) is 24.3 Å². The summed E-state index contributed by atoms with van der Waals surface area (Å²) in [4.78, 5) is 9.04. The topological polar surface area (TPSA) is 50.4 Å². The third kappa shape index (κ3) is 2.44. The Morgan fingerprint density at radius 3 is 2.71 bits per heavy atom. The molecule has 1 N–H and O–H groups in total. The fourth-order valence-corrected chi connectivity index (χ4v) is 3.35. The number of aliphatic imine (C=N–C) groups is 1. The molecule has 0 aliphatic carbocycles. The van der Waals surface area contributed by atoms with Gasteiger partial charge in [0, 0.05) is 21.2 Å². The summed E-state index contributed by atoms with van der Waals surface area (Å²) in [5.74, 6) is 0. The Labute approximate surface area is 149 Å². The van der Waals surface area contributed by atoms with Gasteiger partial charge in [-0.15, -0.1) is 0 Å². The first-order valence-electron chi connectivity index (χ1n) is 7.44. The van der Waals surface area contributed by atoms with Crippen molar-refractivity contribution in [1.29, 1.82) is 0 Å². The number of hydrogen-bond acceptors (Lipinski definition) is 3. The molecule has 0 saturated carbocycles. The number of halogens is 2. The molecule has 2 aromatic carbocycles. The molecule has 0 spiro atoms. The molecule has 0 bridgehead atoms. The summed E-state index contributed by atoms with van der Waals surface area (Å²) >= 11 is 12.6. The average molecular weight is 358 g/mol. The van der Waals surface area contributed by atoms with Crippen molar-refractivity contribution in [2.45, 2.75) is 13.2 Å². The number of nitrogens with zero attached hydrogens (tertiary/aromatic N) is 3. The third-order valence-electron chi connectivity index (χ3n) is 4.09. The maximum absolute atomic E-state index is 9.53. The highest BCUT2D eigenvalue weighted by atomic mass is 35.5. The molecule has 2 heterocycles. The first kappa shape index (κ1) is 15.4. The Morgan fingerprint density at radius 1 is 1.08 bits per heavy atom. The summed E-state index contributed by atoms with van der Waals surface area (Å²) in [6.45, 7) is 0.283. The molecule has 4 rings (SSSR count). The first-order valence-corrected chi connectivity index (χ1v) is 8.20. The molecule has 0 saturated heterocycles. The van der Waals surface area contributed by atoms with E-state index in [1.807, 2.05) is 47.0 Å². The lowest BCUT2D eigenvalue weighted by atomic mass is 10.0. The molecule has 120 valence electrons. The predicted octanol–water partition coefficient (Wildman–Crippen LogP) is 4.02. The summed E-state index contributed by atoms with van der Waals surface area (Å²) in [5.41, 5.74) is 4.93. The SMILES string of the molecule is OCc1ncn2c1CN=C(c1ccccc1Cl)c1cc(Cl)ccc1-2. The van der Waals surface area contributed by atoms with Gasteiger partial charge in [-0.1, -0.05) is 41.4 Å². The molecule has 1 aliphatic heterocycles. The minimum atomic E-state index is -0.123. The van der Waals surface area contributed by atoms with Gasteiger partial charge in [0.15, 0.2) is 0 Å². The standard InChI is InChI=1S/C18H13Cl2N3O/c19-11-5-6-16-13(7-11)18(12-3-1-2-4-14(12)20)21-8-17-15(9-24)22-10-23(16)17/h1-7,10,24H,8-9H2. The number of aromatic nitrogens is 2. The highest BCUT2D eigenvalue weighted by molar-refractivity contribution is 6.36. The number of fused-ring (bicyclic) bond motifs is 3. The summed E-state index contributed by atoms with van der Waals surface area (Å²) in [5, 5.41) is 10.8. The molecule has 6 heteroatoms. The maximum Gasteiger partial charge on any atom is 0.0999 e. The molecule has 1 aliphatic rings. The van der Waals surface area contributed by atoms with Gasteiger partial charge in [0.25, 0.3) is 0 Å². The van der Waals surface area contributed by atoms with E-state index in [9.17, 15) is 5.11 Å². The van der Waals surface area contributed by atoms with Gasteiger partial charge < -0.3 is 9.67 Å². The molecule has 24 heavy (non-hydrogen) atoms. The lowest BCUT2D eigenvalue weighted by molar-refractivity contribution is 0.276. The van der Waals surface area contributed by atoms with Crippen molar-refractivity contribution in [1.82, 2.24) is 9.55 Å². The van der Waals surface area contributed by atoms with Gasteiger partial charge in [-0.2, -0.15) is 0 Å². The molecular formula is C18H13Cl2N3O. The molecule has 0 amide bonds. The van der Waals surface area contributed by atoms with Gasteiger partial charge >= 0.3 is 0 Å². The van der Waals surface area contributed by atoms with Crippen molar-refractivity contribution in [2.75, 3.05) is 0 Å². The zero-order valence-electron chi connectivity index (χ0n) is 12.6. The highest BCUT2D eigenvalue weighted by Gasteiger charge is 2.22. The van der Waals surface area contributed by atoms with E-state index in [0.717, 1.165) is 28.2 Å². The number of imidazole rings is 1. The number of rotatable bonds is 2. The number of hydrogen-bond donors (Lipinski definition) is 1. The molecule has 3 aromatic rings. The predicted molar refractivity (Wildman–Crippen MR) is 95.3 cm³/mol. The largest absolute Gasteiger partial charge is 0.390 e. The van der Waals surface area contributed by atoms with E-state index in [-0.39, 0.29) is 6.61 Å². The molecule has 0 radical (unpaired) electrons. The molecule has 0 atom stereocenters.